The summed E-state index contributed by atoms with van der Waals surface area (Å²) in [6, 6.07) is 8.77. The Morgan fingerprint density at radius 2 is 2.24 bits per heavy atom. The molecule has 2 aromatic rings. The first-order chi connectivity index (χ1) is 10.2. The van der Waals surface area contributed by atoms with E-state index >= 15 is 0 Å². The Morgan fingerprint density at radius 1 is 1.38 bits per heavy atom. The Bertz CT molecular complexity index is 617. The normalized spacial score (nSPS) is 10.6. The van der Waals surface area contributed by atoms with Crippen molar-refractivity contribution in [3.63, 3.8) is 0 Å². The maximum absolute atomic E-state index is 11.9. The van der Waals surface area contributed by atoms with Crippen molar-refractivity contribution in [1.29, 1.82) is 0 Å². The lowest BCUT2D eigenvalue weighted by atomic mass is 10.2. The van der Waals surface area contributed by atoms with Crippen LogP contribution in [0.1, 0.15) is 12.7 Å². The summed E-state index contributed by atoms with van der Waals surface area (Å²) >= 11 is 0. The minimum absolute atomic E-state index is 0.277. The van der Waals surface area contributed by atoms with Crippen molar-refractivity contribution < 1.29 is 18.7 Å². The molecule has 0 aliphatic heterocycles. The van der Waals surface area contributed by atoms with Crippen molar-refractivity contribution in [2.45, 2.75) is 6.92 Å². The molecule has 110 valence electrons. The average molecular weight is 287 g/mol. The van der Waals surface area contributed by atoms with Gasteiger partial charge in [-0.05, 0) is 37.3 Å². The van der Waals surface area contributed by atoms with Gasteiger partial charge in [-0.15, -0.1) is 0 Å². The van der Waals surface area contributed by atoms with Crippen molar-refractivity contribution in [3.05, 3.63) is 48.4 Å². The number of furan rings is 1. The summed E-state index contributed by atoms with van der Waals surface area (Å²) in [6.07, 6.45) is 4.54. The molecular weight excluding hydrogens is 270 g/mol. The van der Waals surface area contributed by atoms with E-state index in [-0.39, 0.29) is 5.91 Å². The van der Waals surface area contributed by atoms with Gasteiger partial charge in [0.1, 0.15) is 17.3 Å². The molecule has 0 bridgehead atoms. The molecule has 1 aromatic carbocycles. The molecule has 21 heavy (non-hydrogen) atoms. The van der Waals surface area contributed by atoms with E-state index < -0.39 is 0 Å². The van der Waals surface area contributed by atoms with Crippen molar-refractivity contribution in [3.8, 4) is 11.5 Å². The van der Waals surface area contributed by atoms with Gasteiger partial charge in [0.15, 0.2) is 0 Å². The van der Waals surface area contributed by atoms with Gasteiger partial charge in [0, 0.05) is 12.1 Å². The van der Waals surface area contributed by atoms with E-state index in [1.54, 1.807) is 49.8 Å². The van der Waals surface area contributed by atoms with Crippen LogP contribution in [0, 0.1) is 0 Å². The highest BCUT2D eigenvalue weighted by Crippen LogP contribution is 2.29. The number of methoxy groups -OCH3 is 1. The Labute approximate surface area is 123 Å². The van der Waals surface area contributed by atoms with Crippen LogP contribution in [0.5, 0.6) is 11.5 Å². The van der Waals surface area contributed by atoms with Gasteiger partial charge in [-0.3, -0.25) is 4.79 Å². The van der Waals surface area contributed by atoms with Gasteiger partial charge >= 0.3 is 0 Å². The van der Waals surface area contributed by atoms with Crippen LogP contribution in [0.15, 0.2) is 47.1 Å². The monoisotopic (exact) mass is 287 g/mol. The second-order valence-corrected chi connectivity index (χ2v) is 4.13. The Balaban J connectivity index is 2.11. The molecule has 0 saturated heterocycles. The van der Waals surface area contributed by atoms with Crippen LogP contribution in [-0.4, -0.2) is 19.6 Å². The number of hydrogen-bond acceptors (Lipinski definition) is 4. The molecule has 1 heterocycles. The number of amides is 1. The first-order valence-electron chi connectivity index (χ1n) is 6.56. The molecule has 0 aliphatic rings. The third kappa shape index (κ3) is 4.14. The van der Waals surface area contributed by atoms with E-state index in [9.17, 15) is 4.79 Å². The molecule has 5 heteroatoms. The first kappa shape index (κ1) is 14.7. The number of rotatable bonds is 6. The van der Waals surface area contributed by atoms with Crippen LogP contribution in [0.3, 0.4) is 0 Å². The summed E-state index contributed by atoms with van der Waals surface area (Å²) < 4.78 is 15.7. The fourth-order valence-electron chi connectivity index (χ4n) is 1.73. The van der Waals surface area contributed by atoms with E-state index in [1.165, 1.54) is 6.08 Å². The number of hydrogen-bond donors (Lipinski definition) is 1. The van der Waals surface area contributed by atoms with E-state index in [0.717, 1.165) is 0 Å². The first-order valence-corrected chi connectivity index (χ1v) is 6.56. The standard InChI is InChI=1S/C16H17NO4/c1-3-20-15-8-6-13(19-2)11-14(15)17-16(18)9-7-12-5-4-10-21-12/h4-11H,3H2,1-2H3,(H,17,18). The summed E-state index contributed by atoms with van der Waals surface area (Å²) in [7, 11) is 1.57. The summed E-state index contributed by atoms with van der Waals surface area (Å²) in [4.78, 5) is 11.9. The van der Waals surface area contributed by atoms with E-state index in [0.29, 0.717) is 29.6 Å². The summed E-state index contributed by atoms with van der Waals surface area (Å²) in [5, 5.41) is 2.76. The molecule has 1 amide bonds. The lowest BCUT2D eigenvalue weighted by molar-refractivity contribution is -0.111. The highest BCUT2D eigenvalue weighted by Gasteiger charge is 2.08. The molecule has 0 unspecified atom stereocenters. The van der Waals surface area contributed by atoms with E-state index in [4.69, 9.17) is 13.9 Å². The lowest BCUT2D eigenvalue weighted by Crippen LogP contribution is -2.09. The molecule has 1 N–H and O–H groups in total. The number of benzene rings is 1. The van der Waals surface area contributed by atoms with Gasteiger partial charge in [-0.2, -0.15) is 0 Å². The largest absolute Gasteiger partial charge is 0.497 e. The van der Waals surface area contributed by atoms with E-state index in [1.807, 2.05) is 6.92 Å². The predicted molar refractivity (Wildman–Crippen MR) is 80.5 cm³/mol. The minimum atomic E-state index is -0.277. The zero-order valence-electron chi connectivity index (χ0n) is 12.0. The summed E-state index contributed by atoms with van der Waals surface area (Å²) in [5.41, 5.74) is 0.560. The van der Waals surface area contributed by atoms with Crippen LogP contribution in [0.25, 0.3) is 6.08 Å². The highest BCUT2D eigenvalue weighted by molar-refractivity contribution is 6.02. The van der Waals surface area contributed by atoms with Crippen LogP contribution in [0.4, 0.5) is 5.69 Å². The number of carbonyl (C=O) groups excluding carboxylic acids is 1. The summed E-state index contributed by atoms with van der Waals surface area (Å²) in [5.74, 6) is 1.57. The quantitative estimate of drug-likeness (QED) is 0.828. The molecule has 0 atom stereocenters. The van der Waals surface area contributed by atoms with Crippen molar-refractivity contribution >= 4 is 17.7 Å². The fourth-order valence-corrected chi connectivity index (χ4v) is 1.73. The molecule has 0 spiro atoms. The van der Waals surface area contributed by atoms with Crippen LogP contribution >= 0.6 is 0 Å². The Hall–Kier alpha value is -2.69. The smallest absolute Gasteiger partial charge is 0.248 e. The highest BCUT2D eigenvalue weighted by atomic mass is 16.5. The van der Waals surface area contributed by atoms with Crippen LogP contribution in [0.2, 0.25) is 0 Å². The second kappa shape index (κ2) is 7.19. The molecule has 0 aliphatic carbocycles. The van der Waals surface area contributed by atoms with Gasteiger partial charge in [0.25, 0.3) is 0 Å². The van der Waals surface area contributed by atoms with Gasteiger partial charge in [0.2, 0.25) is 5.91 Å². The molecule has 0 radical (unpaired) electrons. The zero-order chi connectivity index (χ0) is 15.1. The predicted octanol–water partition coefficient (Wildman–Crippen LogP) is 3.34. The number of ether oxygens (including phenoxy) is 2. The molecule has 1 aromatic heterocycles. The van der Waals surface area contributed by atoms with Crippen LogP contribution < -0.4 is 14.8 Å². The van der Waals surface area contributed by atoms with Crippen LogP contribution in [-0.2, 0) is 4.79 Å². The third-order valence-corrected chi connectivity index (χ3v) is 2.69. The number of nitrogens with one attached hydrogen (secondary N) is 1. The fraction of sp³-hybridized carbons (Fsp3) is 0.188. The van der Waals surface area contributed by atoms with Gasteiger partial charge in [-0.25, -0.2) is 0 Å². The van der Waals surface area contributed by atoms with Gasteiger partial charge < -0.3 is 19.2 Å². The molecule has 5 nitrogen and oxygen atoms in total. The summed E-state index contributed by atoms with van der Waals surface area (Å²) in [6.45, 7) is 2.39. The lowest BCUT2D eigenvalue weighted by Gasteiger charge is -2.11. The molecule has 2 rings (SSSR count). The number of carbonyl (C=O) groups is 1. The Morgan fingerprint density at radius 3 is 2.90 bits per heavy atom. The van der Waals surface area contributed by atoms with Crippen molar-refractivity contribution in [2.24, 2.45) is 0 Å². The average Bonchev–Trinajstić information content (AvgIpc) is 3.00. The molecule has 0 saturated carbocycles. The SMILES string of the molecule is CCOc1ccc(OC)cc1NC(=O)C=Cc1ccco1. The Kier molecular flexibility index (Phi) is 5.04. The van der Waals surface area contributed by atoms with Crippen molar-refractivity contribution in [1.82, 2.24) is 0 Å². The maximum Gasteiger partial charge on any atom is 0.248 e. The molecular formula is C16H17NO4. The van der Waals surface area contributed by atoms with Gasteiger partial charge in [0.05, 0.1) is 25.7 Å². The van der Waals surface area contributed by atoms with Gasteiger partial charge in [-0.1, -0.05) is 0 Å². The maximum atomic E-state index is 11.9. The topological polar surface area (TPSA) is 60.7 Å². The second-order valence-electron chi connectivity index (χ2n) is 4.13. The molecule has 0 fully saturated rings. The third-order valence-electron chi connectivity index (χ3n) is 2.69. The van der Waals surface area contributed by atoms with Crippen molar-refractivity contribution in [2.75, 3.05) is 19.0 Å². The zero-order valence-corrected chi connectivity index (χ0v) is 12.0. The number of anilines is 1. The minimum Gasteiger partial charge on any atom is -0.497 e. The van der Waals surface area contributed by atoms with E-state index in [2.05, 4.69) is 5.32 Å².